The lowest BCUT2D eigenvalue weighted by molar-refractivity contribution is -0.384. The minimum Gasteiger partial charge on any atom is -0.491 e. The summed E-state index contributed by atoms with van der Waals surface area (Å²) in [7, 11) is 0. The summed E-state index contributed by atoms with van der Waals surface area (Å²) < 4.78 is 5.85. The highest BCUT2D eigenvalue weighted by atomic mass is 79.9. The highest BCUT2D eigenvalue weighted by Gasteiger charge is 2.28. The standard InChI is InChI=1S/C15H21BrClNO3/c1-3-7-15(10-16,8-4-2)11-21-14-6-5-12(18(19)20)9-13(14)17/h5-6,9H,3-4,7-8,10-11H2,1-2H3. The summed E-state index contributed by atoms with van der Waals surface area (Å²) in [6, 6.07) is 4.31. The molecule has 0 aliphatic rings. The zero-order valence-corrected chi connectivity index (χ0v) is 14.7. The van der Waals surface area contributed by atoms with Crippen molar-refractivity contribution in [3.05, 3.63) is 33.3 Å². The maximum absolute atomic E-state index is 10.7. The van der Waals surface area contributed by atoms with Crippen LogP contribution in [0.15, 0.2) is 18.2 Å². The highest BCUT2D eigenvalue weighted by molar-refractivity contribution is 9.09. The van der Waals surface area contributed by atoms with Crippen molar-refractivity contribution in [3.8, 4) is 5.75 Å². The molecule has 0 amide bonds. The summed E-state index contributed by atoms with van der Waals surface area (Å²) in [5, 5.41) is 11.8. The van der Waals surface area contributed by atoms with Gasteiger partial charge in [0.2, 0.25) is 0 Å². The van der Waals surface area contributed by atoms with E-state index in [-0.39, 0.29) is 16.1 Å². The molecule has 0 aliphatic heterocycles. The first-order chi connectivity index (χ1) is 9.98. The smallest absolute Gasteiger partial charge is 0.271 e. The van der Waals surface area contributed by atoms with Crippen LogP contribution < -0.4 is 4.74 Å². The Labute approximate surface area is 139 Å². The van der Waals surface area contributed by atoms with Crippen LogP contribution >= 0.6 is 27.5 Å². The van der Waals surface area contributed by atoms with Gasteiger partial charge in [0.15, 0.2) is 0 Å². The van der Waals surface area contributed by atoms with Gasteiger partial charge in [-0.2, -0.15) is 0 Å². The molecule has 0 fully saturated rings. The fraction of sp³-hybridized carbons (Fsp3) is 0.600. The molecule has 6 heteroatoms. The van der Waals surface area contributed by atoms with Crippen molar-refractivity contribution in [1.82, 2.24) is 0 Å². The fourth-order valence-electron chi connectivity index (χ4n) is 2.45. The number of nitro groups is 1. The van der Waals surface area contributed by atoms with Gasteiger partial charge in [-0.3, -0.25) is 10.1 Å². The average Bonchev–Trinajstić information content (AvgIpc) is 2.46. The zero-order chi connectivity index (χ0) is 15.9. The van der Waals surface area contributed by atoms with Crippen LogP contribution in [0, 0.1) is 15.5 Å². The highest BCUT2D eigenvalue weighted by Crippen LogP contribution is 2.35. The normalized spacial score (nSPS) is 11.4. The molecular weight excluding hydrogens is 358 g/mol. The second-order valence-electron chi connectivity index (χ2n) is 5.29. The predicted octanol–water partition coefficient (Wildman–Crippen LogP) is 5.61. The van der Waals surface area contributed by atoms with Crippen LogP contribution in [-0.2, 0) is 0 Å². The topological polar surface area (TPSA) is 52.4 Å². The van der Waals surface area contributed by atoms with Crippen molar-refractivity contribution in [2.24, 2.45) is 5.41 Å². The Bertz CT molecular complexity index is 476. The molecule has 1 rings (SSSR count). The molecular formula is C15H21BrClNO3. The summed E-state index contributed by atoms with van der Waals surface area (Å²) >= 11 is 9.65. The average molecular weight is 379 g/mol. The molecule has 0 aliphatic carbocycles. The molecule has 118 valence electrons. The molecule has 0 saturated carbocycles. The van der Waals surface area contributed by atoms with Crippen LogP contribution in [0.25, 0.3) is 0 Å². The summed E-state index contributed by atoms with van der Waals surface area (Å²) in [5.41, 5.74) is 0.0513. The molecule has 0 heterocycles. The van der Waals surface area contributed by atoms with Crippen LogP contribution in [0.2, 0.25) is 5.02 Å². The number of hydrogen-bond donors (Lipinski definition) is 0. The second kappa shape index (κ2) is 8.59. The SMILES string of the molecule is CCCC(CBr)(CCC)COc1ccc([N+](=O)[O-])cc1Cl. The third kappa shape index (κ3) is 5.15. The lowest BCUT2D eigenvalue weighted by Gasteiger charge is -2.31. The van der Waals surface area contributed by atoms with Gasteiger partial charge in [-0.25, -0.2) is 0 Å². The Morgan fingerprint density at radius 2 is 1.95 bits per heavy atom. The molecule has 1 aromatic rings. The quantitative estimate of drug-likeness (QED) is 0.319. The van der Waals surface area contributed by atoms with E-state index in [0.717, 1.165) is 31.0 Å². The van der Waals surface area contributed by atoms with E-state index in [9.17, 15) is 10.1 Å². The van der Waals surface area contributed by atoms with Gasteiger partial charge < -0.3 is 4.74 Å². The summed E-state index contributed by atoms with van der Waals surface area (Å²) in [6.07, 6.45) is 4.30. The molecule has 0 spiro atoms. The Kier molecular flexibility index (Phi) is 7.46. The number of halogens is 2. The largest absolute Gasteiger partial charge is 0.491 e. The molecule has 0 bridgehead atoms. The van der Waals surface area contributed by atoms with E-state index >= 15 is 0 Å². The summed E-state index contributed by atoms with van der Waals surface area (Å²) in [5.74, 6) is 0.500. The van der Waals surface area contributed by atoms with E-state index < -0.39 is 4.92 Å². The van der Waals surface area contributed by atoms with Gasteiger partial charge in [0.25, 0.3) is 5.69 Å². The number of hydrogen-bond acceptors (Lipinski definition) is 3. The number of non-ortho nitro benzene ring substituents is 1. The van der Waals surface area contributed by atoms with Crippen molar-refractivity contribution in [2.45, 2.75) is 39.5 Å². The van der Waals surface area contributed by atoms with Crippen molar-refractivity contribution in [1.29, 1.82) is 0 Å². The number of nitro benzene ring substituents is 1. The molecule has 21 heavy (non-hydrogen) atoms. The number of rotatable bonds is 9. The molecule has 4 nitrogen and oxygen atoms in total. The van der Waals surface area contributed by atoms with Gasteiger partial charge >= 0.3 is 0 Å². The second-order valence-corrected chi connectivity index (χ2v) is 6.26. The Morgan fingerprint density at radius 1 is 1.33 bits per heavy atom. The number of alkyl halides is 1. The van der Waals surface area contributed by atoms with Gasteiger partial charge in [0, 0.05) is 22.9 Å². The Hall–Kier alpha value is -0.810. The predicted molar refractivity (Wildman–Crippen MR) is 89.6 cm³/mol. The Balaban J connectivity index is 2.82. The van der Waals surface area contributed by atoms with E-state index in [2.05, 4.69) is 29.8 Å². The van der Waals surface area contributed by atoms with Crippen LogP contribution in [0.1, 0.15) is 39.5 Å². The lowest BCUT2D eigenvalue weighted by atomic mass is 9.82. The minimum absolute atomic E-state index is 0.0266. The maximum Gasteiger partial charge on any atom is 0.271 e. The van der Waals surface area contributed by atoms with Crippen molar-refractivity contribution in [3.63, 3.8) is 0 Å². The number of ether oxygens (including phenoxy) is 1. The van der Waals surface area contributed by atoms with Crippen molar-refractivity contribution < 1.29 is 9.66 Å². The van der Waals surface area contributed by atoms with Crippen LogP contribution in [-0.4, -0.2) is 16.9 Å². The minimum atomic E-state index is -0.466. The van der Waals surface area contributed by atoms with Crippen molar-refractivity contribution >= 4 is 33.2 Å². The molecule has 0 aromatic heterocycles. The van der Waals surface area contributed by atoms with Gasteiger partial charge in [-0.05, 0) is 18.9 Å². The van der Waals surface area contributed by atoms with Crippen molar-refractivity contribution in [2.75, 3.05) is 11.9 Å². The van der Waals surface area contributed by atoms with E-state index in [4.69, 9.17) is 16.3 Å². The Morgan fingerprint density at radius 3 is 2.38 bits per heavy atom. The molecule has 0 radical (unpaired) electrons. The summed E-state index contributed by atoms with van der Waals surface area (Å²) in [6.45, 7) is 4.87. The van der Waals surface area contributed by atoms with E-state index in [0.29, 0.717) is 12.4 Å². The van der Waals surface area contributed by atoms with Crippen LogP contribution in [0.4, 0.5) is 5.69 Å². The fourth-order valence-corrected chi connectivity index (χ4v) is 3.41. The van der Waals surface area contributed by atoms with Gasteiger partial charge in [-0.15, -0.1) is 0 Å². The molecule has 1 aromatic carbocycles. The zero-order valence-electron chi connectivity index (χ0n) is 12.4. The molecule has 0 atom stereocenters. The molecule has 0 N–H and O–H groups in total. The third-order valence-electron chi connectivity index (χ3n) is 3.50. The first-order valence-corrected chi connectivity index (χ1v) is 8.60. The van der Waals surface area contributed by atoms with Gasteiger partial charge in [-0.1, -0.05) is 54.2 Å². The lowest BCUT2D eigenvalue weighted by Crippen LogP contribution is -2.30. The molecule has 0 saturated heterocycles. The number of nitrogens with zero attached hydrogens (tertiary/aromatic N) is 1. The van der Waals surface area contributed by atoms with Gasteiger partial charge in [0.1, 0.15) is 5.75 Å². The van der Waals surface area contributed by atoms with E-state index in [1.807, 2.05) is 0 Å². The van der Waals surface area contributed by atoms with Crippen LogP contribution in [0.3, 0.4) is 0 Å². The summed E-state index contributed by atoms with van der Waals surface area (Å²) in [4.78, 5) is 10.2. The van der Waals surface area contributed by atoms with E-state index in [1.165, 1.54) is 12.1 Å². The first-order valence-electron chi connectivity index (χ1n) is 7.10. The molecule has 0 unspecified atom stereocenters. The monoisotopic (exact) mass is 377 g/mol. The first kappa shape index (κ1) is 18.2. The third-order valence-corrected chi connectivity index (χ3v) is 4.99. The maximum atomic E-state index is 10.7. The number of benzene rings is 1. The van der Waals surface area contributed by atoms with Crippen LogP contribution in [0.5, 0.6) is 5.75 Å². The van der Waals surface area contributed by atoms with Gasteiger partial charge in [0.05, 0.1) is 16.6 Å². The van der Waals surface area contributed by atoms with E-state index in [1.54, 1.807) is 6.07 Å².